The van der Waals surface area contributed by atoms with Gasteiger partial charge < -0.3 is 0 Å². The van der Waals surface area contributed by atoms with Gasteiger partial charge in [-0.2, -0.15) is 0 Å². The van der Waals surface area contributed by atoms with E-state index in [4.69, 9.17) is 0 Å². The Bertz CT molecular complexity index is 438. The molecule has 0 saturated heterocycles. The van der Waals surface area contributed by atoms with Crippen LogP contribution in [0.15, 0.2) is 23.6 Å². The molecule has 1 heteroatoms. The Kier molecular flexibility index (Phi) is 5.01. The van der Waals surface area contributed by atoms with Gasteiger partial charge in [0.1, 0.15) is 0 Å². The van der Waals surface area contributed by atoms with Gasteiger partial charge in [-0.05, 0) is 52.9 Å². The highest BCUT2D eigenvalue weighted by Crippen LogP contribution is 2.28. The van der Waals surface area contributed by atoms with E-state index in [1.807, 2.05) is 11.3 Å². The van der Waals surface area contributed by atoms with E-state index in [0.717, 1.165) is 0 Å². The van der Waals surface area contributed by atoms with Crippen molar-refractivity contribution in [2.24, 2.45) is 0 Å². The van der Waals surface area contributed by atoms with Gasteiger partial charge in [-0.3, -0.25) is 0 Å². The summed E-state index contributed by atoms with van der Waals surface area (Å²) >= 11 is 1.82. The summed E-state index contributed by atoms with van der Waals surface area (Å²) in [6, 6.07) is 6.83. The van der Waals surface area contributed by atoms with Crippen LogP contribution in [0.4, 0.5) is 0 Å². The maximum absolute atomic E-state index is 2.33. The molecule has 0 aliphatic rings. The van der Waals surface area contributed by atoms with Crippen molar-refractivity contribution in [1.29, 1.82) is 0 Å². The molecule has 2 rings (SSSR count). The second-order valence-electron chi connectivity index (χ2n) is 4.53. The van der Waals surface area contributed by atoms with Gasteiger partial charge in [0.25, 0.3) is 0 Å². The minimum Gasteiger partial charge on any atom is -0.144 e. The topological polar surface area (TPSA) is 0 Å². The quantitative estimate of drug-likeness (QED) is 0.589. The van der Waals surface area contributed by atoms with E-state index in [1.165, 1.54) is 27.6 Å². The SMILES string of the molecule is CCC.Cc1cc2sccc2cc1C(C)C. The van der Waals surface area contributed by atoms with E-state index < -0.39 is 0 Å². The van der Waals surface area contributed by atoms with Crippen LogP contribution in [-0.4, -0.2) is 0 Å². The van der Waals surface area contributed by atoms with Gasteiger partial charge >= 0.3 is 0 Å². The molecule has 0 radical (unpaired) electrons. The molecule has 1 heterocycles. The Hall–Kier alpha value is -0.820. The standard InChI is InChI=1S/C12H14S.C3H8/c1-8(2)11-7-10-4-5-13-12(10)6-9(11)3;1-3-2/h4-8H,1-3H3;3H2,1-2H3. The molecule has 0 bridgehead atoms. The minimum atomic E-state index is 0.629. The van der Waals surface area contributed by atoms with E-state index in [9.17, 15) is 0 Å². The van der Waals surface area contributed by atoms with Crippen LogP contribution in [0.5, 0.6) is 0 Å². The zero-order chi connectivity index (χ0) is 12.1. The molecule has 1 aromatic carbocycles. The monoisotopic (exact) mass is 234 g/mol. The lowest BCUT2D eigenvalue weighted by Gasteiger charge is -2.09. The number of thiophene rings is 1. The Morgan fingerprint density at radius 3 is 2.38 bits per heavy atom. The van der Waals surface area contributed by atoms with Gasteiger partial charge in [0.2, 0.25) is 0 Å². The largest absolute Gasteiger partial charge is 0.144 e. The maximum Gasteiger partial charge on any atom is 0.0345 e. The predicted molar refractivity (Wildman–Crippen MR) is 76.6 cm³/mol. The van der Waals surface area contributed by atoms with Gasteiger partial charge in [0.05, 0.1) is 0 Å². The summed E-state index contributed by atoms with van der Waals surface area (Å²) in [5, 5.41) is 3.55. The highest BCUT2D eigenvalue weighted by Gasteiger charge is 2.05. The first-order chi connectivity index (χ1) is 7.60. The molecule has 0 spiro atoms. The van der Waals surface area contributed by atoms with Crippen molar-refractivity contribution in [3.05, 3.63) is 34.7 Å². The molecule has 0 nitrogen and oxygen atoms in total. The fourth-order valence-electron chi connectivity index (χ4n) is 1.75. The number of rotatable bonds is 1. The van der Waals surface area contributed by atoms with Gasteiger partial charge in [0.15, 0.2) is 0 Å². The number of aryl methyl sites for hydroxylation is 1. The lowest BCUT2D eigenvalue weighted by atomic mass is 9.97. The van der Waals surface area contributed by atoms with Crippen LogP contribution in [0.2, 0.25) is 0 Å². The number of hydrogen-bond acceptors (Lipinski definition) is 1. The number of benzene rings is 1. The van der Waals surface area contributed by atoms with Gasteiger partial charge in [-0.1, -0.05) is 34.1 Å². The Labute approximate surface area is 103 Å². The first kappa shape index (κ1) is 13.2. The summed E-state index contributed by atoms with van der Waals surface area (Å²) in [7, 11) is 0. The van der Waals surface area contributed by atoms with Crippen LogP contribution in [0.3, 0.4) is 0 Å². The van der Waals surface area contributed by atoms with Crippen molar-refractivity contribution >= 4 is 21.4 Å². The smallest absolute Gasteiger partial charge is 0.0345 e. The molecule has 16 heavy (non-hydrogen) atoms. The highest BCUT2D eigenvalue weighted by molar-refractivity contribution is 7.17. The molecule has 0 aliphatic heterocycles. The molecule has 0 unspecified atom stereocenters. The van der Waals surface area contributed by atoms with Crippen molar-refractivity contribution in [2.75, 3.05) is 0 Å². The van der Waals surface area contributed by atoms with Gasteiger partial charge in [-0.25, -0.2) is 0 Å². The molecule has 0 saturated carbocycles. The first-order valence-corrected chi connectivity index (χ1v) is 6.95. The number of fused-ring (bicyclic) bond motifs is 1. The average Bonchev–Trinajstić information content (AvgIpc) is 2.64. The average molecular weight is 234 g/mol. The number of hydrogen-bond donors (Lipinski definition) is 0. The van der Waals surface area contributed by atoms with E-state index in [1.54, 1.807) is 0 Å². The van der Waals surface area contributed by atoms with Crippen molar-refractivity contribution in [2.45, 2.75) is 47.0 Å². The first-order valence-electron chi connectivity index (χ1n) is 6.07. The molecular weight excluding hydrogens is 212 g/mol. The van der Waals surface area contributed by atoms with Crippen molar-refractivity contribution in [3.8, 4) is 0 Å². The summed E-state index contributed by atoms with van der Waals surface area (Å²) in [6.07, 6.45) is 1.25. The third kappa shape index (κ3) is 3.08. The summed E-state index contributed by atoms with van der Waals surface area (Å²) in [4.78, 5) is 0. The minimum absolute atomic E-state index is 0.629. The lowest BCUT2D eigenvalue weighted by molar-refractivity contribution is 0.859. The van der Waals surface area contributed by atoms with E-state index in [0.29, 0.717) is 5.92 Å². The van der Waals surface area contributed by atoms with Crippen LogP contribution in [0, 0.1) is 6.92 Å². The lowest BCUT2D eigenvalue weighted by Crippen LogP contribution is -1.90. The fourth-order valence-corrected chi connectivity index (χ4v) is 2.62. The van der Waals surface area contributed by atoms with Gasteiger partial charge in [-0.15, -0.1) is 11.3 Å². The second-order valence-corrected chi connectivity index (χ2v) is 5.48. The van der Waals surface area contributed by atoms with Crippen LogP contribution in [0.25, 0.3) is 10.1 Å². The summed E-state index contributed by atoms with van der Waals surface area (Å²) in [6.45, 7) is 11.0. The Morgan fingerprint density at radius 1 is 1.19 bits per heavy atom. The Balaban J connectivity index is 0.000000386. The van der Waals surface area contributed by atoms with E-state index in [-0.39, 0.29) is 0 Å². The molecule has 0 atom stereocenters. The zero-order valence-electron chi connectivity index (χ0n) is 11.0. The normalized spacial score (nSPS) is 10.4. The third-order valence-corrected chi connectivity index (χ3v) is 3.34. The van der Waals surface area contributed by atoms with E-state index >= 15 is 0 Å². The molecule has 88 valence electrons. The third-order valence-electron chi connectivity index (χ3n) is 2.46. The van der Waals surface area contributed by atoms with Crippen LogP contribution in [-0.2, 0) is 0 Å². The molecular formula is C15H22S. The highest BCUT2D eigenvalue weighted by atomic mass is 32.1. The molecule has 2 aromatic rings. The van der Waals surface area contributed by atoms with Crippen molar-refractivity contribution < 1.29 is 0 Å². The zero-order valence-corrected chi connectivity index (χ0v) is 11.8. The van der Waals surface area contributed by atoms with Crippen molar-refractivity contribution in [1.82, 2.24) is 0 Å². The summed E-state index contributed by atoms with van der Waals surface area (Å²) in [5.74, 6) is 0.629. The van der Waals surface area contributed by atoms with Gasteiger partial charge in [0, 0.05) is 4.70 Å². The van der Waals surface area contributed by atoms with Crippen LogP contribution in [0.1, 0.15) is 51.2 Å². The predicted octanol–water partition coefficient (Wildman–Crippen LogP) is 5.75. The molecule has 0 fully saturated rings. The fraction of sp³-hybridized carbons (Fsp3) is 0.467. The van der Waals surface area contributed by atoms with Crippen LogP contribution >= 0.6 is 11.3 Å². The van der Waals surface area contributed by atoms with Crippen LogP contribution < -0.4 is 0 Å². The molecule has 0 amide bonds. The molecule has 1 aromatic heterocycles. The summed E-state index contributed by atoms with van der Waals surface area (Å²) < 4.78 is 1.40. The Morgan fingerprint density at radius 2 is 1.81 bits per heavy atom. The summed E-state index contributed by atoms with van der Waals surface area (Å²) in [5.41, 5.74) is 2.90. The second kappa shape index (κ2) is 6.05. The molecule has 0 aliphatic carbocycles. The van der Waals surface area contributed by atoms with Crippen molar-refractivity contribution in [3.63, 3.8) is 0 Å². The van der Waals surface area contributed by atoms with E-state index in [2.05, 4.69) is 58.2 Å². The maximum atomic E-state index is 2.33. The molecule has 0 N–H and O–H groups in total.